The van der Waals surface area contributed by atoms with Crippen molar-refractivity contribution in [2.24, 2.45) is 0 Å². The van der Waals surface area contributed by atoms with Crippen molar-refractivity contribution in [1.82, 2.24) is 9.47 Å². The second-order valence-corrected chi connectivity index (χ2v) is 5.46. The van der Waals surface area contributed by atoms with Crippen LogP contribution < -0.4 is 0 Å². The van der Waals surface area contributed by atoms with E-state index in [1.54, 1.807) is 27.2 Å². The van der Waals surface area contributed by atoms with Crippen LogP contribution in [0.1, 0.15) is 35.3 Å². The maximum atomic E-state index is 12.3. The van der Waals surface area contributed by atoms with Gasteiger partial charge in [-0.1, -0.05) is 36.4 Å². The molecule has 5 heteroatoms. The number of esters is 1. The molecule has 0 spiro atoms. The number of nitrogens with zero attached hydrogens (tertiary/aromatic N) is 2. The number of allylic oxidation sites excluding steroid dienone is 1. The molecule has 0 N–H and O–H groups in total. The third-order valence-electron chi connectivity index (χ3n) is 3.59. The molecule has 1 aromatic carbocycles. The van der Waals surface area contributed by atoms with Gasteiger partial charge in [-0.3, -0.25) is 4.57 Å². The van der Waals surface area contributed by atoms with E-state index in [-0.39, 0.29) is 12.6 Å². The van der Waals surface area contributed by atoms with Gasteiger partial charge >= 0.3 is 12.0 Å². The molecule has 2 rings (SSSR count). The van der Waals surface area contributed by atoms with Gasteiger partial charge in [-0.25, -0.2) is 9.59 Å². The molecule has 0 unspecified atom stereocenters. The minimum Gasteiger partial charge on any atom is -0.462 e. The van der Waals surface area contributed by atoms with Crippen LogP contribution in [-0.4, -0.2) is 42.2 Å². The number of amides is 1. The summed E-state index contributed by atoms with van der Waals surface area (Å²) in [7, 11) is 3.33. The van der Waals surface area contributed by atoms with Gasteiger partial charge in [0.15, 0.2) is 0 Å². The zero-order valence-corrected chi connectivity index (χ0v) is 14.4. The van der Waals surface area contributed by atoms with Gasteiger partial charge in [-0.05, 0) is 25.0 Å². The fourth-order valence-corrected chi connectivity index (χ4v) is 2.48. The van der Waals surface area contributed by atoms with Crippen molar-refractivity contribution in [2.75, 3.05) is 20.7 Å². The average Bonchev–Trinajstić information content (AvgIpc) is 3.01. The summed E-state index contributed by atoms with van der Waals surface area (Å²) < 4.78 is 6.56. The Hall–Kier alpha value is -2.82. The van der Waals surface area contributed by atoms with Crippen molar-refractivity contribution < 1.29 is 14.3 Å². The summed E-state index contributed by atoms with van der Waals surface area (Å²) in [5, 5.41) is 0. The van der Waals surface area contributed by atoms with Crippen molar-refractivity contribution in [3.05, 3.63) is 65.5 Å². The van der Waals surface area contributed by atoms with Crippen molar-refractivity contribution in [2.45, 2.75) is 13.8 Å². The quantitative estimate of drug-likeness (QED) is 0.806. The first-order valence-electron chi connectivity index (χ1n) is 7.82. The molecule has 5 nitrogen and oxygen atoms in total. The van der Waals surface area contributed by atoms with E-state index in [0.29, 0.717) is 11.1 Å². The van der Waals surface area contributed by atoms with Crippen LogP contribution in [0.25, 0.3) is 5.57 Å². The SMILES string of the molecule is C/C=C(\c1ccccc1)c1cn(C(=O)N(C)C)cc1C(=O)OCC. The number of rotatable bonds is 4. The van der Waals surface area contributed by atoms with Gasteiger partial charge in [-0.15, -0.1) is 0 Å². The molecule has 2 aromatic rings. The highest BCUT2D eigenvalue weighted by Crippen LogP contribution is 2.28. The Morgan fingerprint density at radius 1 is 1.12 bits per heavy atom. The molecule has 0 saturated carbocycles. The maximum absolute atomic E-state index is 12.3. The van der Waals surface area contributed by atoms with Gasteiger partial charge in [0, 0.05) is 32.1 Å². The Labute approximate surface area is 142 Å². The van der Waals surface area contributed by atoms with Gasteiger partial charge in [0.1, 0.15) is 0 Å². The summed E-state index contributed by atoms with van der Waals surface area (Å²) in [6, 6.07) is 9.51. The third kappa shape index (κ3) is 3.56. The molecule has 1 aromatic heterocycles. The first kappa shape index (κ1) is 17.5. The Balaban J connectivity index is 2.58. The minimum atomic E-state index is -0.437. The van der Waals surface area contributed by atoms with Gasteiger partial charge < -0.3 is 9.64 Å². The van der Waals surface area contributed by atoms with Gasteiger partial charge in [0.2, 0.25) is 0 Å². The Kier molecular flexibility index (Phi) is 5.58. The van der Waals surface area contributed by atoms with Gasteiger partial charge in [0.25, 0.3) is 0 Å². The zero-order chi connectivity index (χ0) is 17.7. The molecule has 126 valence electrons. The topological polar surface area (TPSA) is 51.5 Å². The molecule has 1 heterocycles. The predicted octanol–water partition coefficient (Wildman–Crippen LogP) is 3.65. The second kappa shape index (κ2) is 7.64. The molecule has 24 heavy (non-hydrogen) atoms. The van der Waals surface area contributed by atoms with Crippen molar-refractivity contribution >= 4 is 17.6 Å². The summed E-state index contributed by atoms with van der Waals surface area (Å²) in [6.45, 7) is 3.94. The highest BCUT2D eigenvalue weighted by molar-refractivity contribution is 5.99. The number of carbonyl (C=O) groups is 2. The number of hydrogen-bond donors (Lipinski definition) is 0. The molecule has 0 aliphatic rings. The van der Waals surface area contributed by atoms with Crippen LogP contribution in [0.2, 0.25) is 0 Å². The van der Waals surface area contributed by atoms with E-state index in [0.717, 1.165) is 11.1 Å². The first-order valence-corrected chi connectivity index (χ1v) is 7.82. The first-order chi connectivity index (χ1) is 11.5. The predicted molar refractivity (Wildman–Crippen MR) is 94.1 cm³/mol. The number of benzene rings is 1. The van der Waals surface area contributed by atoms with Crippen LogP contribution in [0.15, 0.2) is 48.8 Å². The van der Waals surface area contributed by atoms with Gasteiger partial charge in [0.05, 0.1) is 12.2 Å². The smallest absolute Gasteiger partial charge is 0.340 e. The largest absolute Gasteiger partial charge is 0.462 e. The molecule has 0 radical (unpaired) electrons. The molecule has 0 bridgehead atoms. The number of ether oxygens (including phenoxy) is 1. The molecule has 1 amide bonds. The number of hydrogen-bond acceptors (Lipinski definition) is 3. The van der Waals surface area contributed by atoms with E-state index in [1.807, 2.05) is 43.3 Å². The van der Waals surface area contributed by atoms with E-state index in [1.165, 1.54) is 15.7 Å². The average molecular weight is 326 g/mol. The van der Waals surface area contributed by atoms with Crippen molar-refractivity contribution in [1.29, 1.82) is 0 Å². The van der Waals surface area contributed by atoms with E-state index in [4.69, 9.17) is 4.74 Å². The summed E-state index contributed by atoms with van der Waals surface area (Å²) in [5.41, 5.74) is 2.91. The molecule has 0 aliphatic heterocycles. The van der Waals surface area contributed by atoms with Crippen molar-refractivity contribution in [3.63, 3.8) is 0 Å². The van der Waals surface area contributed by atoms with Crippen LogP contribution >= 0.6 is 0 Å². The van der Waals surface area contributed by atoms with Crippen LogP contribution in [0, 0.1) is 0 Å². The Morgan fingerprint density at radius 3 is 2.29 bits per heavy atom. The lowest BCUT2D eigenvalue weighted by atomic mass is 9.97. The lowest BCUT2D eigenvalue weighted by molar-refractivity contribution is 0.0526. The number of aromatic nitrogens is 1. The molecular formula is C19H22N2O3. The lowest BCUT2D eigenvalue weighted by Crippen LogP contribution is -2.26. The standard InChI is InChI=1S/C19H22N2O3/c1-5-15(14-10-8-7-9-11-14)16-12-21(19(23)20(3)4)13-17(16)18(22)24-6-2/h5,7-13H,6H2,1-4H3/b15-5+. The fourth-order valence-electron chi connectivity index (χ4n) is 2.48. The highest BCUT2D eigenvalue weighted by Gasteiger charge is 2.21. The summed E-state index contributed by atoms with van der Waals surface area (Å²) in [5.74, 6) is -0.437. The van der Waals surface area contributed by atoms with Crippen LogP contribution in [0.3, 0.4) is 0 Å². The molecular weight excluding hydrogens is 304 g/mol. The van der Waals surface area contributed by atoms with Gasteiger partial charge in [-0.2, -0.15) is 0 Å². The van der Waals surface area contributed by atoms with Crippen LogP contribution in [0.5, 0.6) is 0 Å². The molecule has 0 aliphatic carbocycles. The van der Waals surface area contributed by atoms with Crippen LogP contribution in [0.4, 0.5) is 4.79 Å². The molecule has 0 atom stereocenters. The minimum absolute atomic E-state index is 0.227. The monoisotopic (exact) mass is 326 g/mol. The van der Waals surface area contributed by atoms with Crippen LogP contribution in [-0.2, 0) is 4.74 Å². The van der Waals surface area contributed by atoms with E-state index in [9.17, 15) is 9.59 Å². The zero-order valence-electron chi connectivity index (χ0n) is 14.4. The summed E-state index contributed by atoms with van der Waals surface area (Å²) >= 11 is 0. The molecule has 0 saturated heterocycles. The Morgan fingerprint density at radius 2 is 1.75 bits per heavy atom. The maximum Gasteiger partial charge on any atom is 0.340 e. The lowest BCUT2D eigenvalue weighted by Gasteiger charge is -2.10. The Bertz CT molecular complexity index is 758. The van der Waals surface area contributed by atoms with Crippen molar-refractivity contribution in [3.8, 4) is 0 Å². The number of carbonyl (C=O) groups excluding carboxylic acids is 2. The third-order valence-corrected chi connectivity index (χ3v) is 3.59. The normalized spacial score (nSPS) is 11.2. The molecule has 0 fully saturated rings. The summed E-state index contributed by atoms with van der Waals surface area (Å²) in [4.78, 5) is 26.0. The highest BCUT2D eigenvalue weighted by atomic mass is 16.5. The second-order valence-electron chi connectivity index (χ2n) is 5.46. The fraction of sp³-hybridized carbons (Fsp3) is 0.263. The van der Waals surface area contributed by atoms with E-state index in [2.05, 4.69) is 0 Å². The van der Waals surface area contributed by atoms with E-state index < -0.39 is 5.97 Å². The van der Waals surface area contributed by atoms with E-state index >= 15 is 0 Å². The summed E-state index contributed by atoms with van der Waals surface area (Å²) in [6.07, 6.45) is 5.14.